The fraction of sp³-hybridized carbons (Fsp3) is 0.200. The Morgan fingerprint density at radius 3 is 2.09 bits per heavy atom. The number of allylic oxidation sites excluding steroid dienone is 2. The molecule has 0 aliphatic heterocycles. The summed E-state index contributed by atoms with van der Waals surface area (Å²) >= 11 is 4.64. The van der Waals surface area contributed by atoms with Gasteiger partial charge in [0.1, 0.15) is 5.03 Å². The van der Waals surface area contributed by atoms with E-state index in [-0.39, 0.29) is 0 Å². The van der Waals surface area contributed by atoms with Crippen molar-refractivity contribution in [1.29, 1.82) is 5.26 Å². The van der Waals surface area contributed by atoms with Crippen molar-refractivity contribution in [3.8, 4) is 6.07 Å². The fourth-order valence-electron chi connectivity index (χ4n) is 0.257. The number of nitriles is 1. The van der Waals surface area contributed by atoms with E-state index in [1.807, 2.05) is 0 Å². The molecule has 0 spiro atoms. The SMILES string of the molecule is [C-]#[N+]C(C#N)=C(Cl)C(F)(F)F. The van der Waals surface area contributed by atoms with Gasteiger partial charge in [-0.25, -0.2) is 10.1 Å². The summed E-state index contributed by atoms with van der Waals surface area (Å²) in [7, 11) is 0. The Morgan fingerprint density at radius 2 is 2.00 bits per heavy atom. The first-order chi connectivity index (χ1) is 4.93. The maximum Gasteiger partial charge on any atom is 0.418 e. The normalized spacial score (nSPS) is 12.9. The van der Waals surface area contributed by atoms with Crippen LogP contribution in [0.25, 0.3) is 4.85 Å². The molecule has 2 nitrogen and oxygen atoms in total. The highest BCUT2D eigenvalue weighted by Crippen LogP contribution is 2.31. The minimum atomic E-state index is -4.81. The van der Waals surface area contributed by atoms with Crippen molar-refractivity contribution in [1.82, 2.24) is 0 Å². The molecule has 0 aromatic heterocycles. The minimum Gasteiger partial charge on any atom is -0.225 e. The van der Waals surface area contributed by atoms with E-state index in [4.69, 9.17) is 11.8 Å². The van der Waals surface area contributed by atoms with Crippen LogP contribution in [-0.4, -0.2) is 6.18 Å². The molecule has 0 saturated carbocycles. The van der Waals surface area contributed by atoms with Crippen LogP contribution < -0.4 is 0 Å². The van der Waals surface area contributed by atoms with Crippen molar-refractivity contribution < 1.29 is 13.2 Å². The van der Waals surface area contributed by atoms with Crippen LogP contribution in [0.3, 0.4) is 0 Å². The molecule has 0 heterocycles. The van der Waals surface area contributed by atoms with Crippen molar-refractivity contribution >= 4 is 11.6 Å². The molecule has 0 rings (SSSR count). The lowest BCUT2D eigenvalue weighted by molar-refractivity contribution is -0.0848. The Bertz CT molecular complexity index is 249. The molecule has 0 fully saturated rings. The van der Waals surface area contributed by atoms with Crippen LogP contribution in [0.4, 0.5) is 13.2 Å². The van der Waals surface area contributed by atoms with Crippen LogP contribution in [0.1, 0.15) is 0 Å². The number of nitrogens with zero attached hydrogens (tertiary/aromatic N) is 2. The number of halogens is 4. The molecule has 0 unspecified atom stereocenters. The smallest absolute Gasteiger partial charge is 0.225 e. The zero-order valence-corrected chi connectivity index (χ0v) is 5.66. The highest BCUT2D eigenvalue weighted by molar-refractivity contribution is 6.31. The van der Waals surface area contributed by atoms with Crippen molar-refractivity contribution in [2.24, 2.45) is 0 Å². The predicted octanol–water partition coefficient (Wildman–Crippen LogP) is 2.44. The second kappa shape index (κ2) is 3.27. The molecular weight excluding hydrogens is 181 g/mol. The second-order valence-corrected chi connectivity index (χ2v) is 1.76. The fourth-order valence-corrected chi connectivity index (χ4v) is 0.342. The Morgan fingerprint density at radius 1 is 1.55 bits per heavy atom. The first-order valence-corrected chi connectivity index (χ1v) is 2.55. The predicted molar refractivity (Wildman–Crippen MR) is 31.1 cm³/mol. The van der Waals surface area contributed by atoms with Gasteiger partial charge in [-0.3, -0.25) is 0 Å². The number of alkyl halides is 3. The van der Waals surface area contributed by atoms with E-state index in [1.54, 1.807) is 0 Å². The third-order valence-electron chi connectivity index (χ3n) is 0.674. The standard InChI is InChI=1S/C5ClF3N2/c1-11-3(2-10)4(6)5(7,8)9. The minimum absolute atomic E-state index is 1.03. The van der Waals surface area contributed by atoms with Gasteiger partial charge in [0.05, 0.1) is 12.6 Å². The Kier molecular flexibility index (Phi) is 2.91. The maximum atomic E-state index is 11.6. The number of hydrogen-bond donors (Lipinski definition) is 0. The summed E-state index contributed by atoms with van der Waals surface area (Å²) in [5, 5.41) is 6.28. The summed E-state index contributed by atoms with van der Waals surface area (Å²) in [6.07, 6.45) is -4.81. The van der Waals surface area contributed by atoms with Gasteiger partial charge in [0, 0.05) is 0 Å². The quantitative estimate of drug-likeness (QED) is 0.416. The molecule has 0 N–H and O–H groups in total. The van der Waals surface area contributed by atoms with E-state index in [0.717, 1.165) is 6.07 Å². The molecule has 0 atom stereocenters. The van der Waals surface area contributed by atoms with Gasteiger partial charge in [-0.15, -0.1) is 0 Å². The zero-order chi connectivity index (χ0) is 9.07. The van der Waals surface area contributed by atoms with Crippen LogP contribution >= 0.6 is 11.6 Å². The average Bonchev–Trinajstić information content (AvgIpc) is 1.88. The summed E-state index contributed by atoms with van der Waals surface area (Å²) in [5.74, 6) is 0. The van der Waals surface area contributed by atoms with Gasteiger partial charge < -0.3 is 0 Å². The number of hydrogen-bond acceptors (Lipinski definition) is 1. The lowest BCUT2D eigenvalue weighted by Gasteiger charge is -2.02. The summed E-state index contributed by atoms with van der Waals surface area (Å²) < 4.78 is 34.8. The molecule has 11 heavy (non-hydrogen) atoms. The molecule has 0 bridgehead atoms. The largest absolute Gasteiger partial charge is 0.418 e. The molecule has 0 amide bonds. The third-order valence-corrected chi connectivity index (χ3v) is 1.07. The van der Waals surface area contributed by atoms with Crippen LogP contribution in [-0.2, 0) is 0 Å². The summed E-state index contributed by atoms with van der Waals surface area (Å²) in [6, 6.07) is 1.03. The second-order valence-electron chi connectivity index (χ2n) is 1.38. The van der Waals surface area contributed by atoms with Crippen LogP contribution in [0.2, 0.25) is 0 Å². The van der Waals surface area contributed by atoms with E-state index >= 15 is 0 Å². The highest BCUT2D eigenvalue weighted by atomic mass is 35.5. The zero-order valence-electron chi connectivity index (χ0n) is 4.91. The summed E-state index contributed by atoms with van der Waals surface area (Å²) in [5.41, 5.74) is -1.14. The van der Waals surface area contributed by atoms with Crippen molar-refractivity contribution in [3.05, 3.63) is 22.1 Å². The average molecular weight is 181 g/mol. The van der Waals surface area contributed by atoms with Crippen molar-refractivity contribution in [2.75, 3.05) is 0 Å². The topological polar surface area (TPSA) is 28.1 Å². The van der Waals surface area contributed by atoms with Gasteiger partial charge in [-0.1, -0.05) is 11.6 Å². The van der Waals surface area contributed by atoms with Crippen LogP contribution in [0, 0.1) is 17.9 Å². The van der Waals surface area contributed by atoms with E-state index < -0.39 is 16.9 Å². The lowest BCUT2D eigenvalue weighted by Crippen LogP contribution is -2.08. The van der Waals surface area contributed by atoms with Gasteiger partial charge in [-0.2, -0.15) is 13.2 Å². The monoisotopic (exact) mass is 180 g/mol. The molecule has 0 radical (unpaired) electrons. The first kappa shape index (κ1) is 9.80. The lowest BCUT2D eigenvalue weighted by atomic mass is 10.4. The van der Waals surface area contributed by atoms with E-state index in [9.17, 15) is 13.2 Å². The summed E-state index contributed by atoms with van der Waals surface area (Å²) in [6.45, 7) is 6.13. The Hall–Kier alpha value is -1.20. The molecule has 0 aliphatic rings. The van der Waals surface area contributed by atoms with Crippen LogP contribution in [0.5, 0.6) is 0 Å². The Balaban J connectivity index is 5.01. The van der Waals surface area contributed by atoms with E-state index in [1.165, 1.54) is 0 Å². The molecule has 0 aromatic carbocycles. The van der Waals surface area contributed by atoms with Crippen molar-refractivity contribution in [2.45, 2.75) is 6.18 Å². The number of rotatable bonds is 0. The van der Waals surface area contributed by atoms with Gasteiger partial charge >= 0.3 is 6.18 Å². The molecule has 0 aliphatic carbocycles. The third kappa shape index (κ3) is 2.48. The molecule has 6 heteroatoms. The maximum absolute atomic E-state index is 11.6. The molecular formula is C5ClF3N2. The van der Waals surface area contributed by atoms with Gasteiger partial charge in [-0.05, 0) is 0 Å². The van der Waals surface area contributed by atoms with Gasteiger partial charge in [0.2, 0.25) is 0 Å². The highest BCUT2D eigenvalue weighted by Gasteiger charge is 2.35. The Labute approximate surface area is 65.3 Å². The molecule has 0 saturated heterocycles. The van der Waals surface area contributed by atoms with Crippen LogP contribution in [0.15, 0.2) is 10.7 Å². The van der Waals surface area contributed by atoms with Crippen molar-refractivity contribution in [3.63, 3.8) is 0 Å². The molecule has 0 aromatic rings. The van der Waals surface area contributed by atoms with E-state index in [0.29, 0.717) is 0 Å². The van der Waals surface area contributed by atoms with Gasteiger partial charge in [0.15, 0.2) is 0 Å². The first-order valence-electron chi connectivity index (χ1n) is 2.18. The summed E-state index contributed by atoms with van der Waals surface area (Å²) in [4.78, 5) is 2.29. The van der Waals surface area contributed by atoms with E-state index in [2.05, 4.69) is 16.4 Å². The van der Waals surface area contributed by atoms with Gasteiger partial charge in [0.25, 0.3) is 5.70 Å². The molecule has 58 valence electrons.